The molecule has 2 aromatic carbocycles. The number of hydrogen-bond donors (Lipinski definition) is 0. The second-order valence-corrected chi connectivity index (χ2v) is 7.03. The van der Waals surface area contributed by atoms with Crippen LogP contribution in [0.5, 0.6) is 0 Å². The van der Waals surface area contributed by atoms with Crippen molar-refractivity contribution in [1.29, 1.82) is 0 Å². The van der Waals surface area contributed by atoms with Crippen molar-refractivity contribution in [2.75, 3.05) is 26.2 Å². The standard InChI is InChI=1S/C22H24FN3/c23-20-9-6-18(7-10-20)16-25-12-3-13-26(15-14-25)17-21-11-8-19-4-1-2-5-22(19)24-21/h1-2,4-11H,3,12-17H2. The van der Waals surface area contributed by atoms with Crippen molar-refractivity contribution >= 4 is 10.9 Å². The lowest BCUT2D eigenvalue weighted by atomic mass is 10.2. The van der Waals surface area contributed by atoms with Crippen LogP contribution in [0, 0.1) is 5.82 Å². The molecule has 2 heterocycles. The molecule has 26 heavy (non-hydrogen) atoms. The lowest BCUT2D eigenvalue weighted by Crippen LogP contribution is -2.30. The zero-order valence-electron chi connectivity index (χ0n) is 14.9. The molecule has 1 saturated heterocycles. The van der Waals surface area contributed by atoms with Crippen LogP contribution in [0.25, 0.3) is 10.9 Å². The highest BCUT2D eigenvalue weighted by atomic mass is 19.1. The van der Waals surface area contributed by atoms with Crippen molar-refractivity contribution in [3.05, 3.63) is 77.7 Å². The second kappa shape index (κ2) is 7.94. The number of nitrogens with zero attached hydrogens (tertiary/aromatic N) is 3. The van der Waals surface area contributed by atoms with E-state index in [1.807, 2.05) is 24.3 Å². The minimum atomic E-state index is -0.168. The van der Waals surface area contributed by atoms with Gasteiger partial charge in [-0.25, -0.2) is 4.39 Å². The summed E-state index contributed by atoms with van der Waals surface area (Å²) >= 11 is 0. The molecule has 0 radical (unpaired) electrons. The van der Waals surface area contributed by atoms with E-state index in [4.69, 9.17) is 4.98 Å². The minimum Gasteiger partial charge on any atom is -0.298 e. The van der Waals surface area contributed by atoms with Crippen LogP contribution in [0.3, 0.4) is 0 Å². The molecular weight excluding hydrogens is 325 g/mol. The Balaban J connectivity index is 1.36. The Morgan fingerprint density at radius 3 is 2.31 bits per heavy atom. The fraction of sp³-hybridized carbons (Fsp3) is 0.318. The molecule has 1 aliphatic rings. The lowest BCUT2D eigenvalue weighted by molar-refractivity contribution is 0.245. The third-order valence-corrected chi connectivity index (χ3v) is 5.04. The molecule has 0 spiro atoms. The monoisotopic (exact) mass is 349 g/mol. The SMILES string of the molecule is Fc1ccc(CN2CCCN(Cc3ccc4ccccc4n3)CC2)cc1. The van der Waals surface area contributed by atoms with Crippen molar-refractivity contribution in [2.24, 2.45) is 0 Å². The van der Waals surface area contributed by atoms with E-state index in [1.165, 1.54) is 10.9 Å². The molecule has 3 aromatic rings. The van der Waals surface area contributed by atoms with Gasteiger partial charge in [0.15, 0.2) is 0 Å². The van der Waals surface area contributed by atoms with Gasteiger partial charge < -0.3 is 0 Å². The van der Waals surface area contributed by atoms with Gasteiger partial charge in [0.05, 0.1) is 11.2 Å². The molecule has 134 valence electrons. The van der Waals surface area contributed by atoms with Gasteiger partial charge in [0.2, 0.25) is 0 Å². The van der Waals surface area contributed by atoms with E-state index in [1.54, 1.807) is 12.1 Å². The molecule has 0 aliphatic carbocycles. The van der Waals surface area contributed by atoms with E-state index in [-0.39, 0.29) is 5.82 Å². The maximum atomic E-state index is 13.1. The predicted octanol–water partition coefficient (Wildman–Crippen LogP) is 4.08. The van der Waals surface area contributed by atoms with Crippen LogP contribution >= 0.6 is 0 Å². The second-order valence-electron chi connectivity index (χ2n) is 7.03. The van der Waals surface area contributed by atoms with Crippen LogP contribution in [0.15, 0.2) is 60.7 Å². The number of benzene rings is 2. The normalized spacial score (nSPS) is 16.7. The van der Waals surface area contributed by atoms with Gasteiger partial charge in [-0.15, -0.1) is 0 Å². The first-order valence-corrected chi connectivity index (χ1v) is 9.30. The van der Waals surface area contributed by atoms with E-state index >= 15 is 0 Å². The lowest BCUT2D eigenvalue weighted by Gasteiger charge is -2.21. The zero-order valence-corrected chi connectivity index (χ0v) is 14.9. The van der Waals surface area contributed by atoms with Crippen molar-refractivity contribution in [2.45, 2.75) is 19.5 Å². The molecule has 4 heteroatoms. The molecule has 3 nitrogen and oxygen atoms in total. The molecule has 1 fully saturated rings. The fourth-order valence-corrected chi connectivity index (χ4v) is 3.61. The van der Waals surface area contributed by atoms with Crippen LogP contribution in [-0.2, 0) is 13.1 Å². The number of rotatable bonds is 4. The van der Waals surface area contributed by atoms with Crippen molar-refractivity contribution in [3.8, 4) is 0 Å². The minimum absolute atomic E-state index is 0.168. The number of pyridine rings is 1. The van der Waals surface area contributed by atoms with Crippen LogP contribution in [0.4, 0.5) is 4.39 Å². The van der Waals surface area contributed by atoms with Gasteiger partial charge in [-0.05, 0) is 49.3 Å². The van der Waals surface area contributed by atoms with Crippen molar-refractivity contribution < 1.29 is 4.39 Å². The van der Waals surface area contributed by atoms with Gasteiger partial charge in [-0.3, -0.25) is 14.8 Å². The topological polar surface area (TPSA) is 19.4 Å². The third-order valence-electron chi connectivity index (χ3n) is 5.04. The number of fused-ring (bicyclic) bond motifs is 1. The first-order valence-electron chi connectivity index (χ1n) is 9.30. The highest BCUT2D eigenvalue weighted by Gasteiger charge is 2.15. The van der Waals surface area contributed by atoms with Gasteiger partial charge in [0.25, 0.3) is 0 Å². The molecule has 0 bridgehead atoms. The van der Waals surface area contributed by atoms with Crippen LogP contribution in [0.1, 0.15) is 17.7 Å². The number of para-hydroxylation sites is 1. The Labute approximate surface area is 154 Å². The van der Waals surface area contributed by atoms with Crippen LogP contribution in [0.2, 0.25) is 0 Å². The van der Waals surface area contributed by atoms with E-state index in [2.05, 4.69) is 34.1 Å². The van der Waals surface area contributed by atoms with E-state index in [0.29, 0.717) is 0 Å². The Hall–Kier alpha value is -2.30. The third kappa shape index (κ3) is 4.26. The summed E-state index contributed by atoms with van der Waals surface area (Å²) in [5.41, 5.74) is 3.38. The Kier molecular flexibility index (Phi) is 5.23. The number of hydrogen-bond acceptors (Lipinski definition) is 3. The average molecular weight is 349 g/mol. The van der Waals surface area contributed by atoms with Crippen molar-refractivity contribution in [3.63, 3.8) is 0 Å². The summed E-state index contributed by atoms with van der Waals surface area (Å²) in [6.07, 6.45) is 1.15. The summed E-state index contributed by atoms with van der Waals surface area (Å²) < 4.78 is 13.1. The smallest absolute Gasteiger partial charge is 0.123 e. The van der Waals surface area contributed by atoms with Crippen LogP contribution < -0.4 is 0 Å². The molecule has 0 saturated carbocycles. The Morgan fingerprint density at radius 1 is 0.769 bits per heavy atom. The zero-order chi connectivity index (χ0) is 17.8. The molecule has 1 aromatic heterocycles. The van der Waals surface area contributed by atoms with Crippen molar-refractivity contribution in [1.82, 2.24) is 14.8 Å². The summed E-state index contributed by atoms with van der Waals surface area (Å²) in [5, 5.41) is 1.19. The highest BCUT2D eigenvalue weighted by molar-refractivity contribution is 5.78. The van der Waals surface area contributed by atoms with E-state index in [0.717, 1.165) is 56.9 Å². The maximum Gasteiger partial charge on any atom is 0.123 e. The number of aromatic nitrogens is 1. The Morgan fingerprint density at radius 2 is 1.50 bits per heavy atom. The van der Waals surface area contributed by atoms with Gasteiger partial charge in [-0.2, -0.15) is 0 Å². The molecule has 0 unspecified atom stereocenters. The molecule has 4 rings (SSSR count). The maximum absolute atomic E-state index is 13.1. The molecule has 0 atom stereocenters. The fourth-order valence-electron chi connectivity index (χ4n) is 3.61. The first-order chi connectivity index (χ1) is 12.8. The highest BCUT2D eigenvalue weighted by Crippen LogP contribution is 2.15. The predicted molar refractivity (Wildman–Crippen MR) is 103 cm³/mol. The molecule has 0 N–H and O–H groups in total. The Bertz CT molecular complexity index is 863. The summed E-state index contributed by atoms with van der Waals surface area (Å²) in [6, 6.07) is 19.4. The van der Waals surface area contributed by atoms with Gasteiger partial charge in [-0.1, -0.05) is 36.4 Å². The largest absolute Gasteiger partial charge is 0.298 e. The van der Waals surface area contributed by atoms with Gasteiger partial charge in [0.1, 0.15) is 5.82 Å². The molecule has 0 amide bonds. The van der Waals surface area contributed by atoms with Crippen LogP contribution in [-0.4, -0.2) is 41.0 Å². The van der Waals surface area contributed by atoms with E-state index < -0.39 is 0 Å². The van der Waals surface area contributed by atoms with E-state index in [9.17, 15) is 4.39 Å². The van der Waals surface area contributed by atoms with Gasteiger partial charge in [0, 0.05) is 31.6 Å². The summed E-state index contributed by atoms with van der Waals surface area (Å²) in [4.78, 5) is 9.75. The van der Waals surface area contributed by atoms with Gasteiger partial charge >= 0.3 is 0 Å². The first kappa shape index (κ1) is 17.1. The average Bonchev–Trinajstić information content (AvgIpc) is 2.89. The molecule has 1 aliphatic heterocycles. The number of halogens is 1. The summed E-state index contributed by atoms with van der Waals surface area (Å²) in [6.45, 7) is 6.03. The quantitative estimate of drug-likeness (QED) is 0.707. The molecular formula is C22H24FN3. The summed E-state index contributed by atoms with van der Waals surface area (Å²) in [5.74, 6) is -0.168. The summed E-state index contributed by atoms with van der Waals surface area (Å²) in [7, 11) is 0.